The van der Waals surface area contributed by atoms with Gasteiger partial charge in [0.15, 0.2) is 5.82 Å². The summed E-state index contributed by atoms with van der Waals surface area (Å²) in [5.74, 6) is 1.77. The summed E-state index contributed by atoms with van der Waals surface area (Å²) in [5, 5.41) is 7.33. The maximum Gasteiger partial charge on any atom is 0.168 e. The van der Waals surface area contributed by atoms with Gasteiger partial charge in [-0.15, -0.1) is 11.8 Å². The fraction of sp³-hybridized carbons (Fsp3) is 0.333. The van der Waals surface area contributed by atoms with Crippen molar-refractivity contribution < 1.29 is 4.74 Å². The molecule has 3 rings (SSSR count). The van der Waals surface area contributed by atoms with E-state index < -0.39 is 0 Å². The number of benzene rings is 1. The maximum absolute atomic E-state index is 5.60. The van der Waals surface area contributed by atoms with E-state index in [1.165, 1.54) is 5.56 Å². The Morgan fingerprint density at radius 2 is 2.00 bits per heavy atom. The standard InChI is InChI=1S/C15H17N3OS2/c20-14-13(21-11-12-4-2-1-3-5-12)10-16-17-15(14)18-6-8-19-9-7-18/h1-5,10H,6-9,11H2,(H,16,20). The maximum atomic E-state index is 5.60. The number of nitrogens with one attached hydrogen (secondary N) is 1. The monoisotopic (exact) mass is 319 g/mol. The van der Waals surface area contributed by atoms with Crippen molar-refractivity contribution in [3.05, 3.63) is 46.6 Å². The van der Waals surface area contributed by atoms with Crippen LogP contribution in [-0.2, 0) is 10.5 Å². The van der Waals surface area contributed by atoms with Gasteiger partial charge in [-0.1, -0.05) is 42.5 Å². The molecule has 0 radical (unpaired) electrons. The Kier molecular flexibility index (Phi) is 4.90. The van der Waals surface area contributed by atoms with Crippen molar-refractivity contribution in [2.45, 2.75) is 10.6 Å². The molecule has 0 atom stereocenters. The Labute approximate surface area is 133 Å². The zero-order valence-electron chi connectivity index (χ0n) is 11.6. The van der Waals surface area contributed by atoms with Gasteiger partial charge in [-0.2, -0.15) is 5.10 Å². The van der Waals surface area contributed by atoms with Crippen molar-refractivity contribution in [3.63, 3.8) is 0 Å². The minimum atomic E-state index is 0.734. The molecule has 1 saturated heterocycles. The summed E-state index contributed by atoms with van der Waals surface area (Å²) in [7, 11) is 0. The lowest BCUT2D eigenvalue weighted by molar-refractivity contribution is 0.122. The van der Waals surface area contributed by atoms with Crippen molar-refractivity contribution in [2.75, 3.05) is 31.2 Å². The summed E-state index contributed by atoms with van der Waals surface area (Å²) in [6.45, 7) is 3.16. The SMILES string of the molecule is S=c1c(SCc2ccccc2)c[nH]nc1N1CCOCC1. The van der Waals surface area contributed by atoms with Crippen LogP contribution < -0.4 is 4.90 Å². The molecule has 2 aromatic rings. The second kappa shape index (κ2) is 7.06. The zero-order valence-corrected chi connectivity index (χ0v) is 13.3. The number of thioether (sulfide) groups is 1. The first-order valence-corrected chi connectivity index (χ1v) is 8.31. The highest BCUT2D eigenvalue weighted by atomic mass is 32.2. The molecule has 110 valence electrons. The lowest BCUT2D eigenvalue weighted by Gasteiger charge is -2.27. The molecule has 0 amide bonds. The molecule has 1 aromatic heterocycles. The summed E-state index contributed by atoms with van der Waals surface area (Å²) in [6.07, 6.45) is 1.89. The van der Waals surface area contributed by atoms with Gasteiger partial charge in [-0.3, -0.25) is 5.10 Å². The summed E-state index contributed by atoms with van der Waals surface area (Å²) in [6, 6.07) is 10.4. The fourth-order valence-electron chi connectivity index (χ4n) is 2.21. The van der Waals surface area contributed by atoms with Crippen LogP contribution in [0.1, 0.15) is 5.56 Å². The van der Waals surface area contributed by atoms with Crippen molar-refractivity contribution in [2.24, 2.45) is 0 Å². The molecule has 21 heavy (non-hydrogen) atoms. The number of aromatic nitrogens is 2. The molecule has 1 aliphatic rings. The Balaban J connectivity index is 1.75. The molecule has 1 fully saturated rings. The number of morpholine rings is 1. The highest BCUT2D eigenvalue weighted by molar-refractivity contribution is 7.98. The van der Waals surface area contributed by atoms with E-state index in [1.807, 2.05) is 12.3 Å². The molecule has 4 nitrogen and oxygen atoms in total. The number of nitrogens with zero attached hydrogens (tertiary/aromatic N) is 2. The minimum absolute atomic E-state index is 0.734. The Morgan fingerprint density at radius 3 is 2.76 bits per heavy atom. The second-order valence-corrected chi connectivity index (χ2v) is 6.20. The number of anilines is 1. The van der Waals surface area contributed by atoms with Crippen molar-refractivity contribution in [1.29, 1.82) is 0 Å². The molecular formula is C15H17N3OS2. The first-order chi connectivity index (χ1) is 10.3. The molecular weight excluding hydrogens is 302 g/mol. The van der Waals surface area contributed by atoms with Crippen molar-refractivity contribution >= 4 is 29.8 Å². The predicted octanol–water partition coefficient (Wildman–Crippen LogP) is 3.27. The molecule has 2 heterocycles. The van der Waals surface area contributed by atoms with Gasteiger partial charge < -0.3 is 9.64 Å². The second-order valence-electron chi connectivity index (χ2n) is 4.78. The Hall–Kier alpha value is -1.37. The smallest absolute Gasteiger partial charge is 0.168 e. The molecule has 0 unspecified atom stereocenters. The molecule has 1 aliphatic heterocycles. The van der Waals surface area contributed by atoms with Crippen LogP contribution in [0.3, 0.4) is 0 Å². The summed E-state index contributed by atoms with van der Waals surface area (Å²) >= 11 is 7.35. The zero-order chi connectivity index (χ0) is 14.5. The molecule has 1 aromatic carbocycles. The molecule has 0 spiro atoms. The first-order valence-electron chi connectivity index (χ1n) is 6.92. The van der Waals surface area contributed by atoms with Gasteiger partial charge in [0.05, 0.1) is 17.7 Å². The van der Waals surface area contributed by atoms with Gasteiger partial charge >= 0.3 is 0 Å². The van der Waals surface area contributed by atoms with Gasteiger partial charge in [0, 0.05) is 29.9 Å². The molecule has 6 heteroatoms. The largest absolute Gasteiger partial charge is 0.378 e. The van der Waals surface area contributed by atoms with Gasteiger partial charge in [0.2, 0.25) is 0 Å². The Bertz CT molecular complexity index is 639. The van der Waals surface area contributed by atoms with Gasteiger partial charge in [0.1, 0.15) is 0 Å². The van der Waals surface area contributed by atoms with Crippen LogP contribution >= 0.6 is 24.0 Å². The van der Waals surface area contributed by atoms with E-state index in [0.29, 0.717) is 0 Å². The lowest BCUT2D eigenvalue weighted by Crippen LogP contribution is -2.37. The number of H-pyrrole nitrogens is 1. The van der Waals surface area contributed by atoms with Gasteiger partial charge in [-0.25, -0.2) is 0 Å². The van der Waals surface area contributed by atoms with Gasteiger partial charge in [0.25, 0.3) is 0 Å². The van der Waals surface area contributed by atoms with E-state index in [9.17, 15) is 0 Å². The number of ether oxygens (including phenoxy) is 1. The van der Waals surface area contributed by atoms with Crippen LogP contribution in [-0.4, -0.2) is 36.5 Å². The molecule has 0 bridgehead atoms. The number of hydrogen-bond acceptors (Lipinski definition) is 5. The van der Waals surface area contributed by atoms with Crippen molar-refractivity contribution in [3.8, 4) is 0 Å². The normalized spacial score (nSPS) is 15.1. The minimum Gasteiger partial charge on any atom is -0.378 e. The third kappa shape index (κ3) is 3.64. The third-order valence-corrected chi connectivity index (χ3v) is 4.98. The van der Waals surface area contributed by atoms with Crippen LogP contribution in [0.5, 0.6) is 0 Å². The first kappa shape index (κ1) is 14.6. The van der Waals surface area contributed by atoms with E-state index >= 15 is 0 Å². The van der Waals surface area contributed by atoms with E-state index in [2.05, 4.69) is 39.4 Å². The summed E-state index contributed by atoms with van der Waals surface area (Å²) in [5.41, 5.74) is 1.29. The highest BCUT2D eigenvalue weighted by Crippen LogP contribution is 2.27. The van der Waals surface area contributed by atoms with Crippen LogP contribution in [0.2, 0.25) is 0 Å². The quantitative estimate of drug-likeness (QED) is 0.692. The number of hydrogen-bond donors (Lipinski definition) is 1. The van der Waals surface area contributed by atoms with Crippen molar-refractivity contribution in [1.82, 2.24) is 10.2 Å². The van der Waals surface area contributed by atoms with Gasteiger partial charge in [-0.05, 0) is 5.56 Å². The Morgan fingerprint density at radius 1 is 1.24 bits per heavy atom. The summed E-state index contributed by atoms with van der Waals surface area (Å²) < 4.78 is 6.21. The van der Waals surface area contributed by atoms with E-state index in [0.717, 1.165) is 47.3 Å². The third-order valence-electron chi connectivity index (χ3n) is 3.34. The topological polar surface area (TPSA) is 41.2 Å². The van der Waals surface area contributed by atoms with Crippen LogP contribution in [0.25, 0.3) is 0 Å². The highest BCUT2D eigenvalue weighted by Gasteiger charge is 2.15. The van der Waals surface area contributed by atoms with E-state index in [1.54, 1.807) is 11.8 Å². The van der Waals surface area contributed by atoms with Crippen LogP contribution in [0, 0.1) is 4.51 Å². The number of rotatable bonds is 4. The van der Waals surface area contributed by atoms with E-state index in [-0.39, 0.29) is 0 Å². The lowest BCUT2D eigenvalue weighted by atomic mass is 10.2. The van der Waals surface area contributed by atoms with Crippen LogP contribution in [0.15, 0.2) is 41.4 Å². The van der Waals surface area contributed by atoms with E-state index in [4.69, 9.17) is 17.0 Å². The average Bonchev–Trinajstić information content (AvgIpc) is 2.56. The molecule has 0 saturated carbocycles. The summed E-state index contributed by atoms with van der Waals surface area (Å²) in [4.78, 5) is 3.26. The van der Waals surface area contributed by atoms with Crippen LogP contribution in [0.4, 0.5) is 5.82 Å². The average molecular weight is 319 g/mol. The molecule has 0 aliphatic carbocycles. The predicted molar refractivity (Wildman–Crippen MR) is 88.5 cm³/mol. The fourth-order valence-corrected chi connectivity index (χ4v) is 3.49. The molecule has 1 N–H and O–H groups in total. The number of aromatic amines is 1.